The fourth-order valence-corrected chi connectivity index (χ4v) is 6.87. The van der Waals surface area contributed by atoms with Crippen LogP contribution in [0.5, 0.6) is 0 Å². The van der Waals surface area contributed by atoms with Crippen molar-refractivity contribution in [2.75, 3.05) is 44.2 Å². The van der Waals surface area contributed by atoms with Gasteiger partial charge in [0.2, 0.25) is 0 Å². The number of aromatic nitrogens is 4. The van der Waals surface area contributed by atoms with E-state index in [1.165, 1.54) is 33.7 Å². The minimum atomic E-state index is -4.69. The fourth-order valence-electron chi connectivity index (χ4n) is 5.67. The van der Waals surface area contributed by atoms with Crippen LogP contribution < -0.4 is 10.5 Å². The summed E-state index contributed by atoms with van der Waals surface area (Å²) in [5.41, 5.74) is 2.28. The summed E-state index contributed by atoms with van der Waals surface area (Å²) in [5, 5.41) is 21.8. The van der Waals surface area contributed by atoms with Crippen molar-refractivity contribution >= 4 is 55.8 Å². The van der Waals surface area contributed by atoms with Crippen molar-refractivity contribution in [2.45, 2.75) is 19.8 Å². The molecule has 1 aliphatic rings. The summed E-state index contributed by atoms with van der Waals surface area (Å²) in [4.78, 5) is 42.4. The number of aromatic carboxylic acids is 1. The second-order valence-electron chi connectivity index (χ2n) is 11.0. The molecule has 5 aromatic rings. The normalized spacial score (nSPS) is 13.8. The van der Waals surface area contributed by atoms with E-state index in [0.29, 0.717) is 69.8 Å². The quantitative estimate of drug-likeness (QED) is 0.222. The van der Waals surface area contributed by atoms with E-state index in [9.17, 15) is 33.1 Å². The van der Waals surface area contributed by atoms with Crippen LogP contribution in [0.3, 0.4) is 0 Å². The smallest absolute Gasteiger partial charge is 0.478 e. The zero-order valence-electron chi connectivity index (χ0n) is 25.7. The molecule has 6 rings (SSSR count). The summed E-state index contributed by atoms with van der Waals surface area (Å²) in [6.45, 7) is 2.83. The number of thiophene rings is 1. The molecule has 250 valence electrons. The molecule has 0 spiro atoms. The number of piperazine rings is 1. The van der Waals surface area contributed by atoms with Crippen molar-refractivity contribution in [3.8, 4) is 29.0 Å². The Morgan fingerprint density at radius 3 is 2.65 bits per heavy atom. The monoisotopic (exact) mass is 707 g/mol. The first-order valence-electron chi connectivity index (χ1n) is 14.8. The fraction of sp³-hybridized carbons (Fsp3) is 0.273. The molecule has 1 fully saturated rings. The first-order valence-corrected chi connectivity index (χ1v) is 16.1. The summed E-state index contributed by atoms with van der Waals surface area (Å²) in [7, 11) is 0. The Kier molecular flexibility index (Phi) is 9.54. The maximum Gasteiger partial charge on any atom is 0.522 e. The van der Waals surface area contributed by atoms with Gasteiger partial charge in [0.1, 0.15) is 23.3 Å². The maximum atomic E-state index is 13.9. The standard InChI is InChI=1S/C33H25ClF3N7O4S/c1-19-41-26-17-40-30(43-11-9-42(10-12-43)13-14-48-33(35,36)37)24(16-38)27(26)31(45)44(19)8-2-3-20-4-5-21(34)15-23(20)22-6-7-39-28-25(32(46)47)18-49-29(22)28/h4-7,15,17-18H,8-14H2,1H3,(H,46,47). The molecule has 1 saturated heterocycles. The van der Waals surface area contributed by atoms with Crippen LogP contribution in [0.25, 0.3) is 32.2 Å². The number of halogens is 4. The van der Waals surface area contributed by atoms with Gasteiger partial charge in [-0.1, -0.05) is 23.4 Å². The molecular weight excluding hydrogens is 683 g/mol. The van der Waals surface area contributed by atoms with Crippen LogP contribution in [-0.4, -0.2) is 81.2 Å². The van der Waals surface area contributed by atoms with Gasteiger partial charge >= 0.3 is 12.3 Å². The first kappa shape index (κ1) is 33.8. The van der Waals surface area contributed by atoms with E-state index in [4.69, 9.17) is 11.6 Å². The van der Waals surface area contributed by atoms with Crippen LogP contribution in [-0.2, 0) is 11.3 Å². The Morgan fingerprint density at radius 1 is 1.16 bits per heavy atom. The predicted octanol–water partition coefficient (Wildman–Crippen LogP) is 5.31. The Balaban J connectivity index is 1.29. The molecule has 0 saturated carbocycles. The molecule has 0 unspecified atom stereocenters. The van der Waals surface area contributed by atoms with E-state index in [-0.39, 0.29) is 35.1 Å². The zero-order valence-corrected chi connectivity index (χ0v) is 27.3. The summed E-state index contributed by atoms with van der Waals surface area (Å²) < 4.78 is 43.0. The van der Waals surface area contributed by atoms with Crippen LogP contribution in [0.15, 0.2) is 46.8 Å². The highest BCUT2D eigenvalue weighted by Crippen LogP contribution is 2.36. The number of nitriles is 1. The van der Waals surface area contributed by atoms with Gasteiger partial charge in [-0.3, -0.25) is 24.0 Å². The van der Waals surface area contributed by atoms with Gasteiger partial charge in [-0.25, -0.2) is 14.8 Å². The lowest BCUT2D eigenvalue weighted by Crippen LogP contribution is -2.48. The number of rotatable bonds is 7. The lowest BCUT2D eigenvalue weighted by atomic mass is 10.00. The van der Waals surface area contributed by atoms with E-state index in [1.807, 2.05) is 9.80 Å². The first-order chi connectivity index (χ1) is 23.4. The second-order valence-corrected chi connectivity index (χ2v) is 12.3. The van der Waals surface area contributed by atoms with Crippen LogP contribution in [0.1, 0.15) is 27.3 Å². The van der Waals surface area contributed by atoms with Crippen molar-refractivity contribution in [2.24, 2.45) is 0 Å². The number of fused-ring (bicyclic) bond motifs is 2. The van der Waals surface area contributed by atoms with Crippen molar-refractivity contribution in [1.29, 1.82) is 5.26 Å². The third-order valence-electron chi connectivity index (χ3n) is 8.04. The zero-order chi connectivity index (χ0) is 34.9. The second kappa shape index (κ2) is 13.8. The van der Waals surface area contributed by atoms with Crippen molar-refractivity contribution in [3.05, 3.63) is 79.9 Å². The van der Waals surface area contributed by atoms with Crippen molar-refractivity contribution in [1.82, 2.24) is 24.4 Å². The minimum absolute atomic E-state index is 0.0508. The molecule has 0 bridgehead atoms. The van der Waals surface area contributed by atoms with Gasteiger partial charge in [-0.15, -0.1) is 24.5 Å². The molecule has 1 aromatic carbocycles. The number of nitrogens with zero attached hydrogens (tertiary/aromatic N) is 7. The van der Waals surface area contributed by atoms with E-state index >= 15 is 0 Å². The summed E-state index contributed by atoms with van der Waals surface area (Å²) in [6.07, 6.45) is -1.72. The van der Waals surface area contributed by atoms with Crippen LogP contribution in [0.2, 0.25) is 5.02 Å². The number of hydrogen-bond donors (Lipinski definition) is 1. The van der Waals surface area contributed by atoms with Crippen LogP contribution in [0, 0.1) is 30.1 Å². The van der Waals surface area contributed by atoms with Gasteiger partial charge in [0, 0.05) is 66.0 Å². The molecule has 0 amide bonds. The number of carbonyl (C=O) groups is 1. The number of anilines is 1. The summed E-state index contributed by atoms with van der Waals surface area (Å²) in [6, 6.07) is 9.04. The third kappa shape index (κ3) is 7.06. The summed E-state index contributed by atoms with van der Waals surface area (Å²) in [5.74, 6) is 5.74. The minimum Gasteiger partial charge on any atom is -0.478 e. The molecule has 4 aromatic heterocycles. The molecule has 16 heteroatoms. The van der Waals surface area contributed by atoms with Crippen LogP contribution in [0.4, 0.5) is 19.0 Å². The number of hydrogen-bond acceptors (Lipinski definition) is 10. The van der Waals surface area contributed by atoms with Gasteiger partial charge in [0.25, 0.3) is 5.56 Å². The highest BCUT2D eigenvalue weighted by atomic mass is 35.5. The van der Waals surface area contributed by atoms with Crippen LogP contribution >= 0.6 is 22.9 Å². The predicted molar refractivity (Wildman–Crippen MR) is 178 cm³/mol. The number of alkyl halides is 3. The van der Waals surface area contributed by atoms with E-state index in [0.717, 1.165) is 0 Å². The van der Waals surface area contributed by atoms with E-state index in [2.05, 4.69) is 37.6 Å². The van der Waals surface area contributed by atoms with E-state index in [1.54, 1.807) is 31.2 Å². The van der Waals surface area contributed by atoms with Gasteiger partial charge in [0.05, 0.1) is 46.0 Å². The molecule has 49 heavy (non-hydrogen) atoms. The Morgan fingerprint density at radius 2 is 1.94 bits per heavy atom. The summed E-state index contributed by atoms with van der Waals surface area (Å²) >= 11 is 7.61. The van der Waals surface area contributed by atoms with Gasteiger partial charge in [-0.05, 0) is 31.2 Å². The number of pyridine rings is 2. The Labute approximate surface area is 285 Å². The van der Waals surface area contributed by atoms with Gasteiger partial charge in [0.15, 0.2) is 0 Å². The Bertz CT molecular complexity index is 2270. The average molecular weight is 708 g/mol. The van der Waals surface area contributed by atoms with E-state index < -0.39 is 24.5 Å². The number of aryl methyl sites for hydroxylation is 1. The molecule has 5 heterocycles. The number of carboxylic acid groups (broad SMARTS) is 1. The van der Waals surface area contributed by atoms with Crippen molar-refractivity contribution < 1.29 is 27.8 Å². The van der Waals surface area contributed by atoms with Gasteiger partial charge < -0.3 is 10.0 Å². The molecule has 11 nitrogen and oxygen atoms in total. The largest absolute Gasteiger partial charge is 0.522 e. The highest BCUT2D eigenvalue weighted by molar-refractivity contribution is 7.18. The average Bonchev–Trinajstić information content (AvgIpc) is 3.51. The van der Waals surface area contributed by atoms with Crippen molar-refractivity contribution in [3.63, 3.8) is 0 Å². The lowest BCUT2D eigenvalue weighted by molar-refractivity contribution is -0.325. The maximum absolute atomic E-state index is 13.9. The number of carboxylic acids is 1. The highest BCUT2D eigenvalue weighted by Gasteiger charge is 2.30. The number of ether oxygens (including phenoxy) is 1. The molecule has 0 radical (unpaired) electrons. The lowest BCUT2D eigenvalue weighted by Gasteiger charge is -2.35. The molecule has 0 aliphatic carbocycles. The Hall–Kier alpha value is -5.06. The third-order valence-corrected chi connectivity index (χ3v) is 9.28. The SMILES string of the molecule is Cc1nc2cnc(N3CCN(CCOC(F)(F)F)CC3)c(C#N)c2c(=O)n1CC#Cc1ccc(Cl)cc1-c1ccnc2c(C(=O)O)csc12. The molecule has 1 N–H and O–H groups in total. The van der Waals surface area contributed by atoms with Gasteiger partial charge in [-0.2, -0.15) is 5.26 Å². The topological polar surface area (TPSA) is 137 Å². The molecule has 0 atom stereocenters. The molecular formula is C33H25ClF3N7O4S. The number of benzene rings is 1. The molecule has 1 aliphatic heterocycles.